The summed E-state index contributed by atoms with van der Waals surface area (Å²) in [5.74, 6) is -0.382. The van der Waals surface area contributed by atoms with E-state index < -0.39 is 10.0 Å². The summed E-state index contributed by atoms with van der Waals surface area (Å²) in [5, 5.41) is 3.13. The van der Waals surface area contributed by atoms with E-state index in [1.54, 1.807) is 30.3 Å². The number of anilines is 1. The van der Waals surface area contributed by atoms with Gasteiger partial charge in [-0.25, -0.2) is 8.42 Å². The Bertz CT molecular complexity index is 883. The van der Waals surface area contributed by atoms with Crippen LogP contribution in [0.15, 0.2) is 53.4 Å². The molecule has 0 aliphatic heterocycles. The minimum Gasteiger partial charge on any atom is -0.353 e. The summed E-state index contributed by atoms with van der Waals surface area (Å²) in [6, 6.07) is 13.0. The molecule has 27 heavy (non-hydrogen) atoms. The first-order chi connectivity index (χ1) is 12.7. The Morgan fingerprint density at radius 1 is 1.11 bits per heavy atom. The van der Waals surface area contributed by atoms with E-state index in [1.165, 1.54) is 18.2 Å². The van der Waals surface area contributed by atoms with Gasteiger partial charge in [0.1, 0.15) is 6.54 Å². The van der Waals surface area contributed by atoms with Crippen LogP contribution in [0.25, 0.3) is 0 Å². The largest absolute Gasteiger partial charge is 0.353 e. The van der Waals surface area contributed by atoms with Crippen molar-refractivity contribution >= 4 is 33.2 Å². The number of aryl methyl sites for hydroxylation is 1. The molecule has 0 spiro atoms. The molecule has 0 atom stereocenters. The monoisotopic (exact) mass is 409 g/mol. The highest BCUT2D eigenvalue weighted by molar-refractivity contribution is 7.92. The lowest BCUT2D eigenvalue weighted by Gasteiger charge is -2.24. The van der Waals surface area contributed by atoms with Gasteiger partial charge in [0.25, 0.3) is 10.0 Å². The molecule has 0 saturated carbocycles. The molecule has 0 heterocycles. The molecule has 1 amide bonds. The Hall–Kier alpha value is -2.09. The number of halogens is 1. The number of nitrogens with zero attached hydrogens (tertiary/aromatic N) is 2. The molecule has 0 bridgehead atoms. The van der Waals surface area contributed by atoms with Gasteiger partial charge < -0.3 is 10.2 Å². The average Bonchev–Trinajstić information content (AvgIpc) is 2.59. The van der Waals surface area contributed by atoms with Crippen LogP contribution in [0.3, 0.4) is 0 Å². The van der Waals surface area contributed by atoms with Crippen LogP contribution in [0.1, 0.15) is 5.56 Å². The summed E-state index contributed by atoms with van der Waals surface area (Å²) in [7, 11) is -0.130. The Kier molecular flexibility index (Phi) is 7.24. The number of carbonyl (C=O) groups excluding carboxylic acids is 1. The molecule has 0 fully saturated rings. The summed E-state index contributed by atoms with van der Waals surface area (Å²) in [6.45, 7) is 2.64. The van der Waals surface area contributed by atoms with E-state index in [1.807, 2.05) is 25.9 Å². The van der Waals surface area contributed by atoms with Gasteiger partial charge in [0.2, 0.25) is 5.91 Å². The maximum atomic E-state index is 13.2. The van der Waals surface area contributed by atoms with Crippen molar-refractivity contribution in [3.63, 3.8) is 0 Å². The maximum absolute atomic E-state index is 13.2. The zero-order chi connectivity index (χ0) is 20.0. The fourth-order valence-electron chi connectivity index (χ4n) is 2.39. The quantitative estimate of drug-likeness (QED) is 0.727. The van der Waals surface area contributed by atoms with Gasteiger partial charge in [-0.15, -0.1) is 0 Å². The van der Waals surface area contributed by atoms with Crippen LogP contribution in [-0.4, -0.2) is 53.0 Å². The molecular formula is C19H24ClN3O3S. The minimum atomic E-state index is -3.92. The van der Waals surface area contributed by atoms with Crippen molar-refractivity contribution in [3.8, 4) is 0 Å². The molecule has 0 radical (unpaired) electrons. The summed E-state index contributed by atoms with van der Waals surface area (Å²) >= 11 is 6.03. The molecule has 1 N–H and O–H groups in total. The molecule has 146 valence electrons. The maximum Gasteiger partial charge on any atom is 0.264 e. The van der Waals surface area contributed by atoms with Crippen LogP contribution in [0.5, 0.6) is 0 Å². The van der Waals surface area contributed by atoms with Crippen molar-refractivity contribution in [3.05, 3.63) is 59.1 Å². The second-order valence-corrected chi connectivity index (χ2v) is 8.76. The summed E-state index contributed by atoms with van der Waals surface area (Å²) in [4.78, 5) is 14.4. The SMILES string of the molecule is Cc1ccc(S(=O)(=O)N(CC(=O)NCCN(C)C)c2cccc(Cl)c2)cc1. The molecule has 0 saturated heterocycles. The topological polar surface area (TPSA) is 69.7 Å². The van der Waals surface area contributed by atoms with E-state index >= 15 is 0 Å². The number of likely N-dealkylation sites (N-methyl/N-ethyl adjacent to an activating group) is 1. The number of nitrogens with one attached hydrogen (secondary N) is 1. The number of hydrogen-bond acceptors (Lipinski definition) is 4. The normalized spacial score (nSPS) is 11.4. The fourth-order valence-corrected chi connectivity index (χ4v) is 3.99. The Morgan fingerprint density at radius 3 is 2.37 bits per heavy atom. The van der Waals surface area contributed by atoms with E-state index in [2.05, 4.69) is 5.32 Å². The van der Waals surface area contributed by atoms with E-state index in [0.29, 0.717) is 23.8 Å². The number of amides is 1. The van der Waals surface area contributed by atoms with Crippen molar-refractivity contribution in [2.75, 3.05) is 38.0 Å². The summed E-state index contributed by atoms with van der Waals surface area (Å²) in [5.41, 5.74) is 1.29. The molecule has 0 unspecified atom stereocenters. The highest BCUT2D eigenvalue weighted by Crippen LogP contribution is 2.26. The minimum absolute atomic E-state index is 0.120. The third kappa shape index (κ3) is 5.95. The standard InChI is InChI=1S/C19H24ClN3O3S/c1-15-7-9-18(10-8-15)27(25,26)23(17-6-4-5-16(20)13-17)14-19(24)21-11-12-22(2)3/h4-10,13H,11-12,14H2,1-3H3,(H,21,24). The second kappa shape index (κ2) is 9.21. The van der Waals surface area contributed by atoms with Gasteiger partial charge in [-0.2, -0.15) is 0 Å². The van der Waals surface area contributed by atoms with Crippen LogP contribution in [-0.2, 0) is 14.8 Å². The van der Waals surface area contributed by atoms with Crippen LogP contribution in [0, 0.1) is 6.92 Å². The molecule has 0 aliphatic rings. The van der Waals surface area contributed by atoms with Crippen LogP contribution >= 0.6 is 11.6 Å². The first kappa shape index (κ1) is 21.2. The molecule has 0 aliphatic carbocycles. The average molecular weight is 410 g/mol. The van der Waals surface area contributed by atoms with Crippen LogP contribution in [0.2, 0.25) is 5.02 Å². The highest BCUT2D eigenvalue weighted by Gasteiger charge is 2.27. The van der Waals surface area contributed by atoms with Gasteiger partial charge in [-0.3, -0.25) is 9.10 Å². The highest BCUT2D eigenvalue weighted by atomic mass is 35.5. The molecule has 2 rings (SSSR count). The third-order valence-electron chi connectivity index (χ3n) is 3.87. The molecular weight excluding hydrogens is 386 g/mol. The van der Waals surface area contributed by atoms with E-state index in [0.717, 1.165) is 9.87 Å². The number of carbonyl (C=O) groups is 1. The second-order valence-electron chi connectivity index (χ2n) is 6.46. The smallest absolute Gasteiger partial charge is 0.264 e. The zero-order valence-electron chi connectivity index (χ0n) is 15.6. The predicted octanol–water partition coefficient (Wildman–Crippen LogP) is 2.52. The molecule has 6 nitrogen and oxygen atoms in total. The predicted molar refractivity (Wildman–Crippen MR) is 109 cm³/mol. The van der Waals surface area contributed by atoms with Gasteiger partial charge in [-0.1, -0.05) is 35.4 Å². The molecule has 0 aromatic heterocycles. The Labute approximate surface area is 165 Å². The lowest BCUT2D eigenvalue weighted by atomic mass is 10.2. The van der Waals surface area contributed by atoms with Gasteiger partial charge in [0.15, 0.2) is 0 Å². The first-order valence-corrected chi connectivity index (χ1v) is 10.3. The zero-order valence-corrected chi connectivity index (χ0v) is 17.2. The molecule has 2 aromatic carbocycles. The fraction of sp³-hybridized carbons (Fsp3) is 0.316. The summed E-state index contributed by atoms with van der Waals surface area (Å²) < 4.78 is 27.4. The van der Waals surface area contributed by atoms with Gasteiger partial charge in [-0.05, 0) is 51.4 Å². The lowest BCUT2D eigenvalue weighted by Crippen LogP contribution is -2.42. The van der Waals surface area contributed by atoms with Gasteiger partial charge in [0, 0.05) is 18.1 Å². The summed E-state index contributed by atoms with van der Waals surface area (Å²) in [6.07, 6.45) is 0. The van der Waals surface area contributed by atoms with E-state index in [4.69, 9.17) is 11.6 Å². The Morgan fingerprint density at radius 2 is 1.78 bits per heavy atom. The van der Waals surface area contributed by atoms with E-state index in [9.17, 15) is 13.2 Å². The van der Waals surface area contributed by atoms with Crippen LogP contribution in [0.4, 0.5) is 5.69 Å². The van der Waals surface area contributed by atoms with Crippen molar-refractivity contribution in [1.82, 2.24) is 10.2 Å². The van der Waals surface area contributed by atoms with Crippen molar-refractivity contribution in [1.29, 1.82) is 0 Å². The van der Waals surface area contributed by atoms with Gasteiger partial charge >= 0.3 is 0 Å². The number of sulfonamides is 1. The van der Waals surface area contributed by atoms with Crippen molar-refractivity contribution in [2.45, 2.75) is 11.8 Å². The first-order valence-electron chi connectivity index (χ1n) is 8.46. The molecule has 8 heteroatoms. The number of rotatable bonds is 8. The third-order valence-corrected chi connectivity index (χ3v) is 5.90. The Balaban J connectivity index is 2.32. The lowest BCUT2D eigenvalue weighted by molar-refractivity contribution is -0.119. The van der Waals surface area contributed by atoms with Crippen LogP contribution < -0.4 is 9.62 Å². The number of hydrogen-bond donors (Lipinski definition) is 1. The van der Waals surface area contributed by atoms with E-state index in [-0.39, 0.29) is 17.3 Å². The van der Waals surface area contributed by atoms with Crippen molar-refractivity contribution in [2.24, 2.45) is 0 Å². The van der Waals surface area contributed by atoms with Crippen molar-refractivity contribution < 1.29 is 13.2 Å². The number of benzene rings is 2. The van der Waals surface area contributed by atoms with Gasteiger partial charge in [0.05, 0.1) is 10.6 Å². The molecule has 2 aromatic rings.